The Morgan fingerprint density at radius 3 is 2.77 bits per heavy atom. The highest BCUT2D eigenvalue weighted by atomic mass is 16.5. The van der Waals surface area contributed by atoms with Gasteiger partial charge in [0.2, 0.25) is 0 Å². The van der Waals surface area contributed by atoms with Crippen LogP contribution < -0.4 is 4.74 Å². The standard InChI is InChI=1S/C24H22N2O5/c1-2-11-30-18-8-3-7-17(13-18)22(27)20-21(19-9-5-12-31-19)26(24(29)23(20)28)15-16-6-4-10-25-14-16/h3-10,12-14,21,27H,2,11,15H2,1H3. The molecule has 1 aliphatic heterocycles. The van der Waals surface area contributed by atoms with E-state index in [1.807, 2.05) is 13.0 Å². The fourth-order valence-electron chi connectivity index (χ4n) is 3.58. The summed E-state index contributed by atoms with van der Waals surface area (Å²) < 4.78 is 11.2. The van der Waals surface area contributed by atoms with Crippen LogP contribution in [0.25, 0.3) is 5.76 Å². The molecule has 1 aliphatic rings. The van der Waals surface area contributed by atoms with E-state index < -0.39 is 17.7 Å². The molecule has 0 saturated carbocycles. The van der Waals surface area contributed by atoms with E-state index in [9.17, 15) is 14.7 Å². The van der Waals surface area contributed by atoms with Crippen LogP contribution >= 0.6 is 0 Å². The number of amides is 1. The van der Waals surface area contributed by atoms with Crippen molar-refractivity contribution < 1.29 is 23.8 Å². The Kier molecular flexibility index (Phi) is 5.84. The molecule has 31 heavy (non-hydrogen) atoms. The van der Waals surface area contributed by atoms with E-state index in [4.69, 9.17) is 9.15 Å². The van der Waals surface area contributed by atoms with Crippen molar-refractivity contribution in [3.8, 4) is 5.75 Å². The highest BCUT2D eigenvalue weighted by Gasteiger charge is 2.47. The molecule has 1 amide bonds. The number of benzene rings is 1. The number of furan rings is 1. The van der Waals surface area contributed by atoms with Crippen LogP contribution in [-0.4, -0.2) is 33.3 Å². The van der Waals surface area contributed by atoms with Crippen molar-refractivity contribution in [3.63, 3.8) is 0 Å². The van der Waals surface area contributed by atoms with Crippen molar-refractivity contribution in [3.05, 3.63) is 89.6 Å². The summed E-state index contributed by atoms with van der Waals surface area (Å²) in [5.74, 6) is -0.767. The Bertz CT molecular complexity index is 1110. The molecule has 3 heterocycles. The second-order valence-electron chi connectivity index (χ2n) is 7.18. The Morgan fingerprint density at radius 1 is 1.19 bits per heavy atom. The van der Waals surface area contributed by atoms with Crippen molar-refractivity contribution >= 4 is 17.4 Å². The average molecular weight is 418 g/mol. The van der Waals surface area contributed by atoms with E-state index in [0.29, 0.717) is 23.7 Å². The Morgan fingerprint density at radius 2 is 2.06 bits per heavy atom. The molecule has 0 spiro atoms. The predicted octanol–water partition coefficient (Wildman–Crippen LogP) is 4.09. The maximum atomic E-state index is 13.0. The smallest absolute Gasteiger partial charge is 0.296 e. The maximum Gasteiger partial charge on any atom is 0.296 e. The van der Waals surface area contributed by atoms with Gasteiger partial charge in [0, 0.05) is 24.5 Å². The minimum absolute atomic E-state index is 0.0171. The van der Waals surface area contributed by atoms with Gasteiger partial charge in [-0.05, 0) is 42.3 Å². The number of aromatic nitrogens is 1. The molecule has 3 aromatic rings. The van der Waals surface area contributed by atoms with Gasteiger partial charge in [0.15, 0.2) is 0 Å². The van der Waals surface area contributed by atoms with Gasteiger partial charge in [0.1, 0.15) is 23.3 Å². The Hall–Kier alpha value is -3.87. The summed E-state index contributed by atoms with van der Waals surface area (Å²) in [4.78, 5) is 31.4. The summed E-state index contributed by atoms with van der Waals surface area (Å²) in [6.07, 6.45) is 5.58. The number of carbonyl (C=O) groups is 2. The van der Waals surface area contributed by atoms with Crippen LogP contribution in [0.5, 0.6) is 5.75 Å². The van der Waals surface area contributed by atoms with E-state index in [1.54, 1.807) is 54.9 Å². The van der Waals surface area contributed by atoms with Crippen LogP contribution in [0.3, 0.4) is 0 Å². The number of ether oxygens (including phenoxy) is 1. The summed E-state index contributed by atoms with van der Waals surface area (Å²) in [5.41, 5.74) is 1.14. The van der Waals surface area contributed by atoms with Crippen LogP contribution in [0, 0.1) is 0 Å². The minimum atomic E-state index is -0.851. The quantitative estimate of drug-likeness (QED) is 0.353. The van der Waals surface area contributed by atoms with Gasteiger partial charge in [-0.1, -0.05) is 25.1 Å². The molecule has 1 unspecified atom stereocenters. The summed E-state index contributed by atoms with van der Waals surface area (Å²) in [6.45, 7) is 2.68. The summed E-state index contributed by atoms with van der Waals surface area (Å²) in [6, 6.07) is 12.9. The molecular weight excluding hydrogens is 396 g/mol. The van der Waals surface area contributed by atoms with E-state index in [-0.39, 0.29) is 17.9 Å². The van der Waals surface area contributed by atoms with Crippen LogP contribution in [0.2, 0.25) is 0 Å². The summed E-state index contributed by atoms with van der Waals surface area (Å²) in [5, 5.41) is 11.1. The largest absolute Gasteiger partial charge is 0.507 e. The molecule has 158 valence electrons. The minimum Gasteiger partial charge on any atom is -0.507 e. The number of hydrogen-bond donors (Lipinski definition) is 1. The second-order valence-corrected chi connectivity index (χ2v) is 7.18. The van der Waals surface area contributed by atoms with E-state index in [0.717, 1.165) is 12.0 Å². The number of pyridine rings is 1. The molecule has 0 aliphatic carbocycles. The third-order valence-corrected chi connectivity index (χ3v) is 5.01. The van der Waals surface area contributed by atoms with Crippen molar-refractivity contribution in [1.82, 2.24) is 9.88 Å². The molecule has 1 atom stereocenters. The number of nitrogens with zero attached hydrogens (tertiary/aromatic N) is 2. The number of likely N-dealkylation sites (tertiary alicyclic amines) is 1. The number of ketones is 1. The fraction of sp³-hybridized carbons (Fsp3) is 0.208. The van der Waals surface area contributed by atoms with Gasteiger partial charge in [0.05, 0.1) is 18.4 Å². The van der Waals surface area contributed by atoms with E-state index in [2.05, 4.69) is 4.98 Å². The number of Topliss-reactive ketones (excluding diaryl/α,β-unsaturated/α-hetero) is 1. The lowest BCUT2D eigenvalue weighted by Crippen LogP contribution is -2.29. The molecule has 1 fully saturated rings. The summed E-state index contributed by atoms with van der Waals surface area (Å²) in [7, 11) is 0. The van der Waals surface area contributed by atoms with Crippen LogP contribution in [0.15, 0.2) is 77.2 Å². The Labute approximate surface area is 179 Å². The molecule has 0 bridgehead atoms. The molecule has 7 heteroatoms. The SMILES string of the molecule is CCCOc1cccc(C(O)=C2C(=O)C(=O)N(Cc3cccnc3)C2c2ccco2)c1. The van der Waals surface area contributed by atoms with Crippen molar-refractivity contribution in [1.29, 1.82) is 0 Å². The molecule has 0 radical (unpaired) electrons. The van der Waals surface area contributed by atoms with Gasteiger partial charge >= 0.3 is 0 Å². The first-order valence-electron chi connectivity index (χ1n) is 10.0. The molecule has 4 rings (SSSR count). The van der Waals surface area contributed by atoms with Gasteiger partial charge in [-0.25, -0.2) is 0 Å². The third-order valence-electron chi connectivity index (χ3n) is 5.01. The molecule has 2 aromatic heterocycles. The lowest BCUT2D eigenvalue weighted by Gasteiger charge is -2.23. The first-order valence-corrected chi connectivity index (χ1v) is 10.0. The monoisotopic (exact) mass is 418 g/mol. The van der Waals surface area contributed by atoms with Crippen molar-refractivity contribution in [2.75, 3.05) is 6.61 Å². The second kappa shape index (κ2) is 8.87. The van der Waals surface area contributed by atoms with Crippen molar-refractivity contribution in [2.45, 2.75) is 25.9 Å². The number of carbonyl (C=O) groups excluding carboxylic acids is 2. The molecular formula is C24H22N2O5. The topological polar surface area (TPSA) is 92.9 Å². The third kappa shape index (κ3) is 4.07. The normalized spacial score (nSPS) is 17.8. The summed E-state index contributed by atoms with van der Waals surface area (Å²) >= 11 is 0. The average Bonchev–Trinajstić information content (AvgIpc) is 3.41. The van der Waals surface area contributed by atoms with Crippen LogP contribution in [0.4, 0.5) is 0 Å². The van der Waals surface area contributed by atoms with Gasteiger partial charge in [-0.2, -0.15) is 0 Å². The van der Waals surface area contributed by atoms with Crippen LogP contribution in [-0.2, 0) is 16.1 Å². The maximum absolute atomic E-state index is 13.0. The van der Waals surface area contributed by atoms with E-state index >= 15 is 0 Å². The molecule has 1 saturated heterocycles. The van der Waals surface area contributed by atoms with Crippen molar-refractivity contribution in [2.24, 2.45) is 0 Å². The number of rotatable bonds is 7. The molecule has 1 aromatic carbocycles. The zero-order valence-corrected chi connectivity index (χ0v) is 17.0. The fourth-order valence-corrected chi connectivity index (χ4v) is 3.58. The Balaban J connectivity index is 1.78. The first kappa shape index (κ1) is 20.4. The molecule has 1 N–H and O–H groups in total. The number of hydrogen-bond acceptors (Lipinski definition) is 6. The van der Waals surface area contributed by atoms with E-state index in [1.165, 1.54) is 11.2 Å². The highest BCUT2D eigenvalue weighted by molar-refractivity contribution is 6.46. The number of aliphatic hydroxyl groups is 1. The predicted molar refractivity (Wildman–Crippen MR) is 113 cm³/mol. The molecule has 7 nitrogen and oxygen atoms in total. The number of aliphatic hydroxyl groups excluding tert-OH is 1. The zero-order chi connectivity index (χ0) is 21.8. The lowest BCUT2D eigenvalue weighted by atomic mass is 9.99. The van der Waals surface area contributed by atoms with Gasteiger partial charge in [-0.15, -0.1) is 0 Å². The highest BCUT2D eigenvalue weighted by Crippen LogP contribution is 2.40. The van der Waals surface area contributed by atoms with Gasteiger partial charge < -0.3 is 19.2 Å². The first-order chi connectivity index (χ1) is 15.1. The lowest BCUT2D eigenvalue weighted by molar-refractivity contribution is -0.140. The van der Waals surface area contributed by atoms with Gasteiger partial charge in [-0.3, -0.25) is 14.6 Å². The van der Waals surface area contributed by atoms with Crippen LogP contribution in [0.1, 0.15) is 36.3 Å². The van der Waals surface area contributed by atoms with Gasteiger partial charge in [0.25, 0.3) is 11.7 Å². The zero-order valence-electron chi connectivity index (χ0n) is 17.0.